The molecule has 72 valence electrons. The monoisotopic (exact) mass is 200 g/mol. The van der Waals surface area contributed by atoms with Gasteiger partial charge in [0.05, 0.1) is 12.2 Å². The standard InChI is InChI=1S/C10H13ClO2/c1-7(12)10(13)6-8-4-2-3-5-9(8)11/h2-5,7,10,12-13H,6H2,1H3. The highest BCUT2D eigenvalue weighted by molar-refractivity contribution is 6.31. The van der Waals surface area contributed by atoms with Gasteiger partial charge in [-0.15, -0.1) is 0 Å². The molecule has 2 atom stereocenters. The normalized spacial score (nSPS) is 15.4. The number of halogens is 1. The van der Waals surface area contributed by atoms with Gasteiger partial charge in [0.15, 0.2) is 0 Å². The minimum absolute atomic E-state index is 0.386. The maximum absolute atomic E-state index is 9.40. The molecular formula is C10H13ClO2. The van der Waals surface area contributed by atoms with Crippen molar-refractivity contribution in [1.82, 2.24) is 0 Å². The Balaban J connectivity index is 2.69. The van der Waals surface area contributed by atoms with Crippen molar-refractivity contribution in [2.75, 3.05) is 0 Å². The van der Waals surface area contributed by atoms with Gasteiger partial charge in [0, 0.05) is 11.4 Å². The second kappa shape index (κ2) is 4.61. The van der Waals surface area contributed by atoms with Crippen LogP contribution in [-0.4, -0.2) is 22.4 Å². The Kier molecular flexibility index (Phi) is 3.72. The number of hydrogen-bond acceptors (Lipinski definition) is 2. The molecule has 0 aromatic heterocycles. The molecule has 0 spiro atoms. The van der Waals surface area contributed by atoms with Crippen molar-refractivity contribution in [3.05, 3.63) is 34.9 Å². The lowest BCUT2D eigenvalue weighted by atomic mass is 10.1. The van der Waals surface area contributed by atoms with E-state index in [0.29, 0.717) is 11.4 Å². The van der Waals surface area contributed by atoms with Gasteiger partial charge in [0.25, 0.3) is 0 Å². The van der Waals surface area contributed by atoms with Gasteiger partial charge in [0.1, 0.15) is 0 Å². The molecule has 0 fully saturated rings. The quantitative estimate of drug-likeness (QED) is 0.779. The molecule has 1 aromatic rings. The molecule has 0 aliphatic carbocycles. The maximum atomic E-state index is 9.40. The summed E-state index contributed by atoms with van der Waals surface area (Å²) in [6.07, 6.45) is -1.09. The number of benzene rings is 1. The van der Waals surface area contributed by atoms with Gasteiger partial charge in [-0.3, -0.25) is 0 Å². The predicted octanol–water partition coefficient (Wildman–Crippen LogP) is 1.62. The fourth-order valence-electron chi connectivity index (χ4n) is 1.06. The van der Waals surface area contributed by atoms with Crippen molar-refractivity contribution in [3.8, 4) is 0 Å². The van der Waals surface area contributed by atoms with Gasteiger partial charge in [-0.1, -0.05) is 29.8 Å². The minimum atomic E-state index is -0.750. The van der Waals surface area contributed by atoms with Crippen molar-refractivity contribution in [2.45, 2.75) is 25.6 Å². The summed E-state index contributed by atoms with van der Waals surface area (Å²) in [5, 5.41) is 19.1. The molecule has 0 saturated heterocycles. The molecule has 1 rings (SSSR count). The summed E-state index contributed by atoms with van der Waals surface area (Å²) < 4.78 is 0. The summed E-state index contributed by atoms with van der Waals surface area (Å²) >= 11 is 5.88. The molecule has 2 nitrogen and oxygen atoms in total. The smallest absolute Gasteiger partial charge is 0.0837 e. The van der Waals surface area contributed by atoms with E-state index in [1.807, 2.05) is 18.2 Å². The van der Waals surface area contributed by atoms with Crippen LogP contribution in [0.5, 0.6) is 0 Å². The Labute approximate surface area is 82.8 Å². The lowest BCUT2D eigenvalue weighted by molar-refractivity contribution is 0.0320. The van der Waals surface area contributed by atoms with E-state index >= 15 is 0 Å². The Morgan fingerprint density at radius 3 is 2.46 bits per heavy atom. The number of aliphatic hydroxyl groups excluding tert-OH is 2. The van der Waals surface area contributed by atoms with Crippen LogP contribution in [0.4, 0.5) is 0 Å². The molecule has 13 heavy (non-hydrogen) atoms. The van der Waals surface area contributed by atoms with Crippen LogP contribution in [0.1, 0.15) is 12.5 Å². The molecule has 0 radical (unpaired) electrons. The van der Waals surface area contributed by atoms with Gasteiger partial charge < -0.3 is 10.2 Å². The molecule has 0 amide bonds. The summed E-state index contributed by atoms with van der Waals surface area (Å²) in [7, 11) is 0. The number of rotatable bonds is 3. The van der Waals surface area contributed by atoms with Crippen LogP contribution in [-0.2, 0) is 6.42 Å². The lowest BCUT2D eigenvalue weighted by Crippen LogP contribution is -2.24. The maximum Gasteiger partial charge on any atom is 0.0837 e. The molecule has 0 aliphatic rings. The first kappa shape index (κ1) is 10.5. The van der Waals surface area contributed by atoms with Crippen LogP contribution in [0.25, 0.3) is 0 Å². The van der Waals surface area contributed by atoms with Gasteiger partial charge in [0.2, 0.25) is 0 Å². The third kappa shape index (κ3) is 2.99. The van der Waals surface area contributed by atoms with Crippen molar-refractivity contribution in [3.63, 3.8) is 0 Å². The largest absolute Gasteiger partial charge is 0.391 e. The van der Waals surface area contributed by atoms with Crippen LogP contribution in [0, 0.1) is 0 Å². The first-order valence-electron chi connectivity index (χ1n) is 4.21. The Bertz CT molecular complexity index is 273. The highest BCUT2D eigenvalue weighted by Gasteiger charge is 2.12. The third-order valence-electron chi connectivity index (χ3n) is 1.94. The topological polar surface area (TPSA) is 40.5 Å². The molecule has 3 heteroatoms. The van der Waals surface area contributed by atoms with Crippen LogP contribution >= 0.6 is 11.6 Å². The minimum Gasteiger partial charge on any atom is -0.391 e. The average molecular weight is 201 g/mol. The fourth-order valence-corrected chi connectivity index (χ4v) is 1.27. The van der Waals surface area contributed by atoms with E-state index < -0.39 is 12.2 Å². The highest BCUT2D eigenvalue weighted by Crippen LogP contribution is 2.17. The van der Waals surface area contributed by atoms with E-state index in [4.69, 9.17) is 16.7 Å². The Morgan fingerprint density at radius 1 is 1.31 bits per heavy atom. The molecule has 2 unspecified atom stereocenters. The van der Waals surface area contributed by atoms with Crippen molar-refractivity contribution < 1.29 is 10.2 Å². The fraction of sp³-hybridized carbons (Fsp3) is 0.400. The molecule has 1 aromatic carbocycles. The summed E-state index contributed by atoms with van der Waals surface area (Å²) in [4.78, 5) is 0. The van der Waals surface area contributed by atoms with E-state index in [0.717, 1.165) is 5.56 Å². The van der Waals surface area contributed by atoms with Crippen LogP contribution in [0.15, 0.2) is 24.3 Å². The SMILES string of the molecule is CC(O)C(O)Cc1ccccc1Cl. The van der Waals surface area contributed by atoms with Gasteiger partial charge in [-0.25, -0.2) is 0 Å². The Morgan fingerprint density at radius 2 is 1.92 bits per heavy atom. The van der Waals surface area contributed by atoms with Gasteiger partial charge >= 0.3 is 0 Å². The predicted molar refractivity (Wildman–Crippen MR) is 52.8 cm³/mol. The second-order valence-electron chi connectivity index (χ2n) is 3.10. The number of hydrogen-bond donors (Lipinski definition) is 2. The molecular weight excluding hydrogens is 188 g/mol. The summed E-state index contributed by atoms with van der Waals surface area (Å²) in [5.74, 6) is 0. The molecule has 0 saturated carbocycles. The first-order chi connectivity index (χ1) is 6.11. The van der Waals surface area contributed by atoms with Crippen molar-refractivity contribution in [1.29, 1.82) is 0 Å². The zero-order valence-electron chi connectivity index (χ0n) is 7.44. The Hall–Kier alpha value is -0.570. The first-order valence-corrected chi connectivity index (χ1v) is 4.58. The number of aliphatic hydroxyl groups is 2. The zero-order chi connectivity index (χ0) is 9.84. The highest BCUT2D eigenvalue weighted by atomic mass is 35.5. The van der Waals surface area contributed by atoms with Crippen LogP contribution < -0.4 is 0 Å². The average Bonchev–Trinajstić information content (AvgIpc) is 2.08. The summed E-state index contributed by atoms with van der Waals surface area (Å²) in [6, 6.07) is 7.30. The summed E-state index contributed by atoms with van der Waals surface area (Å²) in [5.41, 5.74) is 0.859. The lowest BCUT2D eigenvalue weighted by Gasteiger charge is -2.13. The zero-order valence-corrected chi connectivity index (χ0v) is 8.20. The second-order valence-corrected chi connectivity index (χ2v) is 3.51. The van der Waals surface area contributed by atoms with Gasteiger partial charge in [-0.05, 0) is 18.6 Å². The molecule has 2 N–H and O–H groups in total. The van der Waals surface area contributed by atoms with Crippen LogP contribution in [0.3, 0.4) is 0 Å². The molecule has 0 heterocycles. The van der Waals surface area contributed by atoms with E-state index in [-0.39, 0.29) is 0 Å². The third-order valence-corrected chi connectivity index (χ3v) is 2.31. The van der Waals surface area contributed by atoms with E-state index in [2.05, 4.69) is 0 Å². The van der Waals surface area contributed by atoms with Gasteiger partial charge in [-0.2, -0.15) is 0 Å². The van der Waals surface area contributed by atoms with Crippen molar-refractivity contribution >= 4 is 11.6 Å². The summed E-state index contributed by atoms with van der Waals surface area (Å²) in [6.45, 7) is 1.56. The molecule has 0 aliphatic heterocycles. The molecule has 0 bridgehead atoms. The van der Waals surface area contributed by atoms with Crippen molar-refractivity contribution in [2.24, 2.45) is 0 Å². The van der Waals surface area contributed by atoms with E-state index in [1.165, 1.54) is 0 Å². The van der Waals surface area contributed by atoms with E-state index in [9.17, 15) is 5.11 Å². The van der Waals surface area contributed by atoms with E-state index in [1.54, 1.807) is 13.0 Å². The van der Waals surface area contributed by atoms with Crippen LogP contribution in [0.2, 0.25) is 5.02 Å².